The fourth-order valence-corrected chi connectivity index (χ4v) is 3.06. The minimum Gasteiger partial charge on any atom is -0.338 e. The molecule has 0 aliphatic carbocycles. The zero-order chi connectivity index (χ0) is 19.4. The minimum absolute atomic E-state index is 0.206. The largest absolute Gasteiger partial charge is 0.338 e. The topological polar surface area (TPSA) is 79.5 Å². The number of amides is 2. The molecule has 2 N–H and O–H groups in total. The first kappa shape index (κ1) is 18.9. The number of benzene rings is 1. The van der Waals surface area contributed by atoms with Gasteiger partial charge in [-0.2, -0.15) is 0 Å². The molecule has 6 nitrogen and oxygen atoms in total. The molecule has 2 aromatic rings. The van der Waals surface area contributed by atoms with Gasteiger partial charge < -0.3 is 15.5 Å². The summed E-state index contributed by atoms with van der Waals surface area (Å²) in [4.78, 5) is 31.9. The lowest BCUT2D eigenvalue weighted by Gasteiger charge is -2.36. The van der Waals surface area contributed by atoms with Gasteiger partial charge in [0.25, 0.3) is 5.91 Å². The molecule has 1 fully saturated rings. The molecule has 1 aliphatic rings. The molecule has 1 atom stereocenters. The summed E-state index contributed by atoms with van der Waals surface area (Å²) in [5.74, 6) is -2.23. The van der Waals surface area contributed by atoms with Crippen molar-refractivity contribution in [3.8, 4) is 0 Å². The summed E-state index contributed by atoms with van der Waals surface area (Å²) in [5.41, 5.74) is 6.58. The minimum atomic E-state index is -0.765. The van der Waals surface area contributed by atoms with Gasteiger partial charge in [-0.05, 0) is 36.2 Å². The normalized spacial score (nSPS) is 15.5. The van der Waals surface area contributed by atoms with Gasteiger partial charge in [0.1, 0.15) is 11.6 Å². The Morgan fingerprint density at radius 2 is 1.81 bits per heavy atom. The maximum Gasteiger partial charge on any atom is 0.257 e. The third kappa shape index (κ3) is 4.46. The summed E-state index contributed by atoms with van der Waals surface area (Å²) < 4.78 is 27.1. The number of carbonyl (C=O) groups is 2. The fraction of sp³-hybridized carbons (Fsp3) is 0.316. The van der Waals surface area contributed by atoms with Crippen LogP contribution in [0.25, 0.3) is 0 Å². The molecule has 0 bridgehead atoms. The van der Waals surface area contributed by atoms with Crippen molar-refractivity contribution in [2.75, 3.05) is 26.2 Å². The maximum atomic E-state index is 13.8. The van der Waals surface area contributed by atoms with E-state index in [-0.39, 0.29) is 24.6 Å². The zero-order valence-electron chi connectivity index (χ0n) is 14.6. The fourth-order valence-electron chi connectivity index (χ4n) is 3.06. The highest BCUT2D eigenvalue weighted by Crippen LogP contribution is 2.15. The van der Waals surface area contributed by atoms with Crippen LogP contribution >= 0.6 is 0 Å². The van der Waals surface area contributed by atoms with Gasteiger partial charge in [0.05, 0.1) is 11.6 Å². The molecular weight excluding hydrogens is 354 g/mol. The van der Waals surface area contributed by atoms with Gasteiger partial charge >= 0.3 is 0 Å². The Labute approximate surface area is 155 Å². The van der Waals surface area contributed by atoms with Crippen molar-refractivity contribution in [2.45, 2.75) is 12.5 Å². The van der Waals surface area contributed by atoms with E-state index >= 15 is 0 Å². The molecule has 2 amide bonds. The van der Waals surface area contributed by atoms with E-state index in [0.29, 0.717) is 19.5 Å². The van der Waals surface area contributed by atoms with Crippen LogP contribution in [0.3, 0.4) is 0 Å². The van der Waals surface area contributed by atoms with E-state index in [1.807, 2.05) is 6.07 Å². The molecule has 1 unspecified atom stereocenters. The molecule has 1 aromatic heterocycles. The molecular formula is C19H20F2N4O2. The van der Waals surface area contributed by atoms with Gasteiger partial charge in [0, 0.05) is 38.6 Å². The first-order valence-corrected chi connectivity index (χ1v) is 8.63. The molecule has 0 saturated carbocycles. The third-order valence-electron chi connectivity index (χ3n) is 4.53. The maximum absolute atomic E-state index is 13.8. The van der Waals surface area contributed by atoms with E-state index < -0.39 is 23.6 Å². The number of carbonyl (C=O) groups excluding carboxylic acids is 2. The van der Waals surface area contributed by atoms with E-state index in [0.717, 1.165) is 23.8 Å². The summed E-state index contributed by atoms with van der Waals surface area (Å²) in [6.07, 6.45) is 3.69. The van der Waals surface area contributed by atoms with Crippen LogP contribution in [-0.4, -0.2) is 58.8 Å². The van der Waals surface area contributed by atoms with Crippen LogP contribution in [-0.2, 0) is 11.2 Å². The number of aromatic nitrogens is 1. The van der Waals surface area contributed by atoms with Crippen molar-refractivity contribution in [3.05, 3.63) is 65.5 Å². The lowest BCUT2D eigenvalue weighted by atomic mass is 10.1. The van der Waals surface area contributed by atoms with E-state index in [1.165, 1.54) is 4.90 Å². The van der Waals surface area contributed by atoms with Gasteiger partial charge in [-0.25, -0.2) is 8.78 Å². The first-order valence-electron chi connectivity index (χ1n) is 8.63. The Morgan fingerprint density at radius 1 is 1.11 bits per heavy atom. The number of hydrogen-bond acceptors (Lipinski definition) is 4. The molecule has 0 spiro atoms. The molecule has 1 aromatic carbocycles. The Balaban J connectivity index is 1.57. The number of piperazine rings is 1. The average Bonchev–Trinajstić information content (AvgIpc) is 2.69. The van der Waals surface area contributed by atoms with Gasteiger partial charge in [0.2, 0.25) is 5.91 Å². The highest BCUT2D eigenvalue weighted by Gasteiger charge is 2.28. The van der Waals surface area contributed by atoms with Crippen molar-refractivity contribution in [2.24, 2.45) is 5.73 Å². The van der Waals surface area contributed by atoms with Crippen LogP contribution < -0.4 is 5.73 Å². The Hall–Kier alpha value is -2.87. The van der Waals surface area contributed by atoms with Gasteiger partial charge in [0.15, 0.2) is 0 Å². The van der Waals surface area contributed by atoms with Gasteiger partial charge in [-0.15, -0.1) is 0 Å². The quantitative estimate of drug-likeness (QED) is 0.873. The van der Waals surface area contributed by atoms with Crippen molar-refractivity contribution in [1.82, 2.24) is 14.8 Å². The smallest absolute Gasteiger partial charge is 0.257 e. The van der Waals surface area contributed by atoms with Crippen LogP contribution in [0.15, 0.2) is 42.7 Å². The molecule has 27 heavy (non-hydrogen) atoms. The summed E-state index contributed by atoms with van der Waals surface area (Å²) in [5, 5.41) is 0. The second-order valence-electron chi connectivity index (χ2n) is 6.41. The number of hydrogen-bond donors (Lipinski definition) is 1. The van der Waals surface area contributed by atoms with Crippen LogP contribution in [0.4, 0.5) is 8.78 Å². The van der Waals surface area contributed by atoms with E-state index in [1.54, 1.807) is 23.4 Å². The Kier molecular flexibility index (Phi) is 5.75. The Bertz CT molecular complexity index is 824. The molecule has 142 valence electrons. The monoisotopic (exact) mass is 374 g/mol. The standard InChI is InChI=1S/C19H20F2N4O2/c20-14-3-4-16(21)15(11-14)18(26)24-6-8-25(9-7-24)19(27)17(22)10-13-2-1-5-23-12-13/h1-5,11-12,17H,6-10,22H2. The predicted molar refractivity (Wildman–Crippen MR) is 94.8 cm³/mol. The van der Waals surface area contributed by atoms with E-state index in [4.69, 9.17) is 5.73 Å². The Morgan fingerprint density at radius 3 is 2.48 bits per heavy atom. The molecule has 3 rings (SSSR count). The van der Waals surface area contributed by atoms with Crippen LogP contribution in [0.5, 0.6) is 0 Å². The number of nitrogens with zero attached hydrogens (tertiary/aromatic N) is 3. The zero-order valence-corrected chi connectivity index (χ0v) is 14.6. The van der Waals surface area contributed by atoms with Gasteiger partial charge in [-0.1, -0.05) is 6.07 Å². The van der Waals surface area contributed by atoms with Crippen LogP contribution in [0.1, 0.15) is 15.9 Å². The van der Waals surface area contributed by atoms with Crippen molar-refractivity contribution in [1.29, 1.82) is 0 Å². The predicted octanol–water partition coefficient (Wildman–Crippen LogP) is 1.21. The summed E-state index contributed by atoms with van der Waals surface area (Å²) >= 11 is 0. The summed E-state index contributed by atoms with van der Waals surface area (Å²) in [6.45, 7) is 1.06. The number of nitrogens with two attached hydrogens (primary N) is 1. The SMILES string of the molecule is NC(Cc1cccnc1)C(=O)N1CCN(C(=O)c2cc(F)ccc2F)CC1. The lowest BCUT2D eigenvalue weighted by molar-refractivity contribution is -0.134. The van der Waals surface area contributed by atoms with Crippen LogP contribution in [0, 0.1) is 11.6 Å². The summed E-state index contributed by atoms with van der Waals surface area (Å²) in [7, 11) is 0. The highest BCUT2D eigenvalue weighted by atomic mass is 19.1. The number of pyridine rings is 1. The molecule has 2 heterocycles. The van der Waals surface area contributed by atoms with Crippen molar-refractivity contribution < 1.29 is 18.4 Å². The highest BCUT2D eigenvalue weighted by molar-refractivity contribution is 5.94. The molecule has 1 aliphatic heterocycles. The number of rotatable bonds is 4. The third-order valence-corrected chi connectivity index (χ3v) is 4.53. The van der Waals surface area contributed by atoms with Gasteiger partial charge in [-0.3, -0.25) is 14.6 Å². The average molecular weight is 374 g/mol. The molecule has 8 heteroatoms. The second-order valence-corrected chi connectivity index (χ2v) is 6.41. The number of halogens is 2. The van der Waals surface area contributed by atoms with Crippen LogP contribution in [0.2, 0.25) is 0 Å². The summed E-state index contributed by atoms with van der Waals surface area (Å²) in [6, 6.07) is 5.72. The van der Waals surface area contributed by atoms with Crippen molar-refractivity contribution >= 4 is 11.8 Å². The lowest BCUT2D eigenvalue weighted by Crippen LogP contribution is -2.54. The van der Waals surface area contributed by atoms with E-state index in [2.05, 4.69) is 4.98 Å². The molecule has 0 radical (unpaired) electrons. The first-order chi connectivity index (χ1) is 13.0. The molecule has 1 saturated heterocycles. The van der Waals surface area contributed by atoms with Crippen molar-refractivity contribution in [3.63, 3.8) is 0 Å². The van der Waals surface area contributed by atoms with E-state index in [9.17, 15) is 18.4 Å². The second kappa shape index (κ2) is 8.22.